The van der Waals surface area contributed by atoms with Gasteiger partial charge in [0.05, 0.1) is 18.1 Å². The van der Waals surface area contributed by atoms with Crippen LogP contribution in [0, 0.1) is 22.9 Å². The van der Waals surface area contributed by atoms with Gasteiger partial charge < -0.3 is 10.1 Å². The maximum Gasteiger partial charge on any atom is 0.282 e. The molecule has 0 fully saturated rings. The van der Waals surface area contributed by atoms with Crippen LogP contribution in [0.3, 0.4) is 0 Å². The maximum absolute atomic E-state index is 13.5. The number of hydrogen-bond donors (Lipinski definition) is 1. The number of methoxy groups -OCH3 is 1. The topological polar surface area (TPSA) is 81.5 Å². The molecule has 0 spiro atoms. The first-order chi connectivity index (χ1) is 11.3. The summed E-state index contributed by atoms with van der Waals surface area (Å²) in [5.74, 6) is -1.000. The number of nitro benzene ring substituents is 1. The molecule has 0 heterocycles. The minimum Gasteiger partial charge on any atom is -0.494 e. The summed E-state index contributed by atoms with van der Waals surface area (Å²) < 4.78 is 18.4. The lowest BCUT2D eigenvalue weighted by molar-refractivity contribution is -0.385. The molecule has 1 atom stereocenters. The molecule has 7 heteroatoms. The van der Waals surface area contributed by atoms with Crippen molar-refractivity contribution in [3.05, 3.63) is 69.0 Å². The Hall–Kier alpha value is -2.96. The maximum atomic E-state index is 13.5. The number of hydrogen-bond acceptors (Lipinski definition) is 4. The van der Waals surface area contributed by atoms with Crippen molar-refractivity contribution in [2.75, 3.05) is 7.11 Å². The highest BCUT2D eigenvalue weighted by atomic mass is 19.1. The van der Waals surface area contributed by atoms with E-state index >= 15 is 0 Å². The summed E-state index contributed by atoms with van der Waals surface area (Å²) in [6, 6.07) is 8.21. The number of carbonyl (C=O) groups is 1. The molecular weight excluding hydrogens is 315 g/mol. The number of ether oxygens (including phenoxy) is 1. The predicted octanol–water partition coefficient (Wildman–Crippen LogP) is 3.54. The van der Waals surface area contributed by atoms with Gasteiger partial charge in [-0.15, -0.1) is 0 Å². The van der Waals surface area contributed by atoms with Gasteiger partial charge in [-0.1, -0.05) is 18.2 Å². The number of nitrogens with one attached hydrogen (secondary N) is 1. The van der Waals surface area contributed by atoms with Crippen molar-refractivity contribution < 1.29 is 18.8 Å². The second kappa shape index (κ2) is 7.08. The summed E-state index contributed by atoms with van der Waals surface area (Å²) in [6.07, 6.45) is 0. The molecule has 24 heavy (non-hydrogen) atoms. The van der Waals surface area contributed by atoms with Gasteiger partial charge >= 0.3 is 0 Å². The van der Waals surface area contributed by atoms with Gasteiger partial charge in [0, 0.05) is 6.07 Å². The van der Waals surface area contributed by atoms with E-state index in [4.69, 9.17) is 4.74 Å². The molecule has 0 aliphatic heterocycles. The average molecular weight is 332 g/mol. The number of halogens is 1. The van der Waals surface area contributed by atoms with Gasteiger partial charge in [0.1, 0.15) is 5.56 Å². The van der Waals surface area contributed by atoms with Crippen LogP contribution in [-0.4, -0.2) is 17.9 Å². The Balaban J connectivity index is 2.29. The molecule has 0 bridgehead atoms. The first-order valence-electron chi connectivity index (χ1n) is 7.23. The summed E-state index contributed by atoms with van der Waals surface area (Å²) in [7, 11) is 1.35. The number of amides is 1. The van der Waals surface area contributed by atoms with Crippen molar-refractivity contribution in [1.29, 1.82) is 0 Å². The van der Waals surface area contributed by atoms with E-state index in [-0.39, 0.29) is 17.0 Å². The molecule has 1 amide bonds. The fraction of sp³-hybridized carbons (Fsp3) is 0.235. The van der Waals surface area contributed by atoms with Crippen LogP contribution in [0.2, 0.25) is 0 Å². The highest BCUT2D eigenvalue weighted by Gasteiger charge is 2.23. The molecule has 0 unspecified atom stereocenters. The summed E-state index contributed by atoms with van der Waals surface area (Å²) in [5.41, 5.74) is 0.892. The molecule has 1 N–H and O–H groups in total. The third-order valence-corrected chi connectivity index (χ3v) is 3.70. The first kappa shape index (κ1) is 17.4. The third-order valence-electron chi connectivity index (χ3n) is 3.70. The quantitative estimate of drug-likeness (QED) is 0.671. The van der Waals surface area contributed by atoms with E-state index in [0.717, 1.165) is 0 Å². The fourth-order valence-electron chi connectivity index (χ4n) is 2.40. The Bertz CT molecular complexity index is 792. The van der Waals surface area contributed by atoms with E-state index in [1.54, 1.807) is 19.9 Å². The predicted molar refractivity (Wildman–Crippen MR) is 86.7 cm³/mol. The monoisotopic (exact) mass is 332 g/mol. The van der Waals surface area contributed by atoms with Gasteiger partial charge in [0.25, 0.3) is 11.6 Å². The average Bonchev–Trinajstić information content (AvgIpc) is 2.54. The van der Waals surface area contributed by atoms with Crippen LogP contribution in [0.15, 0.2) is 36.4 Å². The van der Waals surface area contributed by atoms with Crippen molar-refractivity contribution >= 4 is 11.6 Å². The second-order valence-electron chi connectivity index (χ2n) is 5.32. The van der Waals surface area contributed by atoms with E-state index in [2.05, 4.69) is 5.32 Å². The van der Waals surface area contributed by atoms with Crippen LogP contribution in [0.5, 0.6) is 5.75 Å². The number of aryl methyl sites for hydroxylation is 1. The van der Waals surface area contributed by atoms with E-state index in [1.165, 1.54) is 37.4 Å². The Morgan fingerprint density at radius 1 is 1.33 bits per heavy atom. The molecule has 0 radical (unpaired) electrons. The van der Waals surface area contributed by atoms with Crippen molar-refractivity contribution in [2.45, 2.75) is 19.9 Å². The summed E-state index contributed by atoms with van der Waals surface area (Å²) >= 11 is 0. The highest BCUT2D eigenvalue weighted by Crippen LogP contribution is 2.25. The van der Waals surface area contributed by atoms with Gasteiger partial charge in [0.2, 0.25) is 0 Å². The Morgan fingerprint density at radius 2 is 2.04 bits per heavy atom. The zero-order chi connectivity index (χ0) is 17.9. The van der Waals surface area contributed by atoms with Crippen LogP contribution in [-0.2, 0) is 0 Å². The molecular formula is C17H17FN2O4. The lowest BCUT2D eigenvalue weighted by Crippen LogP contribution is -2.28. The largest absolute Gasteiger partial charge is 0.494 e. The van der Waals surface area contributed by atoms with E-state index in [9.17, 15) is 19.3 Å². The summed E-state index contributed by atoms with van der Waals surface area (Å²) in [5, 5.41) is 13.8. The number of benzene rings is 2. The van der Waals surface area contributed by atoms with Gasteiger partial charge in [-0.2, -0.15) is 0 Å². The van der Waals surface area contributed by atoms with Crippen molar-refractivity contribution in [1.82, 2.24) is 5.32 Å². The van der Waals surface area contributed by atoms with Gasteiger partial charge in [0.15, 0.2) is 11.6 Å². The summed E-state index contributed by atoms with van der Waals surface area (Å²) in [6.45, 7) is 3.34. The van der Waals surface area contributed by atoms with E-state index in [0.29, 0.717) is 11.1 Å². The van der Waals surface area contributed by atoms with Crippen LogP contribution < -0.4 is 10.1 Å². The minimum absolute atomic E-state index is 0.0171. The molecule has 0 aliphatic rings. The van der Waals surface area contributed by atoms with Crippen LogP contribution in [0.1, 0.15) is 34.5 Å². The molecule has 2 aromatic carbocycles. The molecule has 0 aromatic heterocycles. The fourth-order valence-corrected chi connectivity index (χ4v) is 2.40. The van der Waals surface area contributed by atoms with Gasteiger partial charge in [-0.3, -0.25) is 14.9 Å². The molecule has 2 rings (SSSR count). The van der Waals surface area contributed by atoms with Gasteiger partial charge in [-0.25, -0.2) is 4.39 Å². The lowest BCUT2D eigenvalue weighted by Gasteiger charge is -2.16. The zero-order valence-electron chi connectivity index (χ0n) is 13.5. The van der Waals surface area contributed by atoms with Crippen molar-refractivity contribution in [3.8, 4) is 5.75 Å². The SMILES string of the molecule is COc1cc([C@H](C)NC(=O)c2c(C)cccc2[N+](=O)[O-])ccc1F. The number of nitrogens with zero attached hydrogens (tertiary/aromatic N) is 1. The van der Waals surface area contributed by atoms with Crippen molar-refractivity contribution in [3.63, 3.8) is 0 Å². The van der Waals surface area contributed by atoms with E-state index in [1.807, 2.05) is 0 Å². The number of rotatable bonds is 5. The Labute approximate surface area is 138 Å². The lowest BCUT2D eigenvalue weighted by atomic mass is 10.0. The second-order valence-corrected chi connectivity index (χ2v) is 5.32. The highest BCUT2D eigenvalue weighted by molar-refractivity contribution is 5.99. The first-order valence-corrected chi connectivity index (χ1v) is 7.23. The molecule has 2 aromatic rings. The number of nitro groups is 1. The zero-order valence-corrected chi connectivity index (χ0v) is 13.5. The summed E-state index contributed by atoms with van der Waals surface area (Å²) in [4.78, 5) is 23.0. The number of carbonyl (C=O) groups excluding carboxylic acids is 1. The molecule has 0 saturated heterocycles. The third kappa shape index (κ3) is 3.51. The smallest absolute Gasteiger partial charge is 0.282 e. The normalized spacial score (nSPS) is 11.7. The van der Waals surface area contributed by atoms with Crippen molar-refractivity contribution in [2.24, 2.45) is 0 Å². The standard InChI is InChI=1S/C17H17FN2O4/c1-10-5-4-6-14(20(22)23)16(10)17(21)19-11(2)12-7-8-13(18)15(9-12)24-3/h4-9,11H,1-3H3,(H,19,21)/t11-/m0/s1. The molecule has 126 valence electrons. The van der Waals surface area contributed by atoms with E-state index < -0.39 is 22.7 Å². The molecule has 6 nitrogen and oxygen atoms in total. The molecule has 0 saturated carbocycles. The minimum atomic E-state index is -0.590. The van der Waals surface area contributed by atoms with Crippen LogP contribution in [0.25, 0.3) is 0 Å². The van der Waals surface area contributed by atoms with Gasteiger partial charge in [-0.05, 0) is 37.1 Å². The Morgan fingerprint density at radius 3 is 2.67 bits per heavy atom. The van der Waals surface area contributed by atoms with Crippen LogP contribution >= 0.6 is 0 Å². The van der Waals surface area contributed by atoms with Crippen LogP contribution in [0.4, 0.5) is 10.1 Å². The Kier molecular flexibility index (Phi) is 5.13. The molecule has 0 aliphatic carbocycles.